The van der Waals surface area contributed by atoms with Crippen LogP contribution in [0.1, 0.15) is 57.7 Å². The van der Waals surface area contributed by atoms with Gasteiger partial charge in [-0.2, -0.15) is 0 Å². The molecule has 0 N–H and O–H groups in total. The molecule has 1 aliphatic heterocycles. The van der Waals surface area contributed by atoms with Crippen LogP contribution >= 0.6 is 0 Å². The second-order valence-electron chi connectivity index (χ2n) is 17.1. The van der Waals surface area contributed by atoms with E-state index in [9.17, 15) is 0 Å². The summed E-state index contributed by atoms with van der Waals surface area (Å²) in [6, 6.07) is 54.4. The van der Waals surface area contributed by atoms with Crippen molar-refractivity contribution in [1.82, 2.24) is 14.1 Å². The number of imidazole rings is 1. The number of anilines is 2. The molecule has 6 heteroatoms. The minimum atomic E-state index is -0.0536. The number of fused-ring (bicyclic) bond motifs is 2. The molecule has 0 atom stereocenters. The number of para-hydroxylation sites is 2. The fourth-order valence-corrected chi connectivity index (χ4v) is 9.39. The number of hydrogen-bond donors (Lipinski definition) is 0. The minimum absolute atomic E-state index is 0.0452. The fourth-order valence-electron chi connectivity index (χ4n) is 8.30. The Hall–Kier alpha value is -5.77. The molecule has 1 aliphatic rings. The average Bonchev–Trinajstić information content (AvgIpc) is 3.51. The first-order chi connectivity index (χ1) is 28.0. The Morgan fingerprint density at radius 3 is 1.91 bits per heavy atom. The molecule has 292 valence electrons. The van der Waals surface area contributed by atoms with Crippen LogP contribution in [0, 0.1) is 10.7 Å². The number of aromatic nitrogens is 3. The van der Waals surface area contributed by atoms with Crippen LogP contribution in [0.25, 0.3) is 44.7 Å². The van der Waals surface area contributed by atoms with Gasteiger partial charge in [0.15, 0.2) is 0 Å². The van der Waals surface area contributed by atoms with Gasteiger partial charge in [0.1, 0.15) is 0 Å². The Kier molecular flexibility index (Phi) is 9.69. The third-order valence-electron chi connectivity index (χ3n) is 11.5. The average molecular weight is 940 g/mol. The van der Waals surface area contributed by atoms with Crippen molar-refractivity contribution in [2.24, 2.45) is 0 Å². The second kappa shape index (κ2) is 14.9. The Bertz CT molecular complexity index is 2800. The third kappa shape index (κ3) is 6.96. The first-order valence-corrected chi connectivity index (χ1v) is 21.2. The molecule has 0 fully saturated rings. The molecule has 9 rings (SSSR count). The summed E-state index contributed by atoms with van der Waals surface area (Å²) in [6.45, 7) is 14.6. The topological polar surface area (TPSA) is 35.2 Å². The number of benzene rings is 6. The van der Waals surface area contributed by atoms with Gasteiger partial charge < -0.3 is 0 Å². The molecular formula is C52H48N4OPt. The van der Waals surface area contributed by atoms with Crippen LogP contribution in [-0.2, 0) is 30.2 Å². The van der Waals surface area contributed by atoms with E-state index >= 15 is 0 Å². The number of hydrogen-bond acceptors (Lipinski definition) is 3. The van der Waals surface area contributed by atoms with Gasteiger partial charge in [0.25, 0.3) is 0 Å². The van der Waals surface area contributed by atoms with Gasteiger partial charge in [-0.3, -0.25) is 0 Å². The Balaban J connectivity index is 1.19. The maximum atomic E-state index is 6.76. The molecule has 5 nitrogen and oxygen atoms in total. The number of nitrogens with zero attached hydrogens (tertiary/aromatic N) is 4. The second-order valence-corrected chi connectivity index (χ2v) is 18.1. The van der Waals surface area contributed by atoms with Crippen LogP contribution in [0.3, 0.4) is 0 Å². The molecule has 0 spiro atoms. The first-order valence-electron chi connectivity index (χ1n) is 20.1. The van der Waals surface area contributed by atoms with Crippen molar-refractivity contribution in [3.63, 3.8) is 0 Å². The van der Waals surface area contributed by atoms with E-state index in [1.807, 2.05) is 12.3 Å². The molecule has 8 aromatic rings. The van der Waals surface area contributed by atoms with Gasteiger partial charge in [0.2, 0.25) is 0 Å². The van der Waals surface area contributed by atoms with Crippen molar-refractivity contribution >= 4 is 22.5 Å². The van der Waals surface area contributed by atoms with Crippen LogP contribution in [0.4, 0.5) is 11.5 Å². The molecule has 58 heavy (non-hydrogen) atoms. The zero-order valence-electron chi connectivity index (χ0n) is 33.9. The van der Waals surface area contributed by atoms with Crippen LogP contribution < -0.4 is 9.64 Å². The van der Waals surface area contributed by atoms with Gasteiger partial charge in [0.05, 0.1) is 0 Å². The monoisotopic (exact) mass is 939 g/mol. The predicted octanol–water partition coefficient (Wildman–Crippen LogP) is 13.4. The standard InChI is InChI=1S/C52H48N4O.Pt/c1-36-26-28-53-49(30-36)54-29-27-52(5,6)45-25-24-42(34-48(45)54)57-41-21-15-20-40(33-41)55-35-56(47-23-14-13-22-46(47)55)50-43(37-16-9-7-10-17-37)31-39(51(2,3)4)32-44(50)38-18-11-8-12-19-38;/h7-26,28,30-34H,27,29H2,1-6H3;. The molecule has 0 radical (unpaired) electrons. The van der Waals surface area contributed by atoms with Gasteiger partial charge in [-0.1, -0.05) is 0 Å². The summed E-state index contributed by atoms with van der Waals surface area (Å²) < 4.78 is 12.6. The molecule has 0 amide bonds. The quantitative estimate of drug-likeness (QED) is 0.160. The van der Waals surface area contributed by atoms with Crippen molar-refractivity contribution in [2.45, 2.75) is 58.8 Å². The summed E-state index contributed by atoms with van der Waals surface area (Å²) in [5, 5.41) is 0. The number of ether oxygens (including phenoxy) is 1. The van der Waals surface area contributed by atoms with Crippen LogP contribution in [0.15, 0.2) is 158 Å². The Labute approximate surface area is 352 Å². The molecular weight excluding hydrogens is 892 g/mol. The van der Waals surface area contributed by atoms with Crippen molar-refractivity contribution in [3.8, 4) is 45.1 Å². The van der Waals surface area contributed by atoms with Crippen molar-refractivity contribution < 1.29 is 24.1 Å². The number of aryl methyl sites for hydroxylation is 1. The normalized spacial score (nSPS) is 13.8. The zero-order chi connectivity index (χ0) is 40.2. The Morgan fingerprint density at radius 1 is 0.655 bits per heavy atom. The molecule has 0 unspecified atom stereocenters. The molecule has 0 aliphatic carbocycles. The zero-order valence-corrected chi connectivity index (χ0v) is 36.2. The number of rotatable bonds is 7. The molecule has 6 aromatic carbocycles. The summed E-state index contributed by atoms with van der Waals surface area (Å²) in [4.78, 5) is 7.10. The number of pyridine rings is 1. The van der Waals surface area contributed by atoms with Crippen LogP contribution in [-0.4, -0.2) is 20.7 Å². The third-order valence-corrected chi connectivity index (χ3v) is 12.5. The predicted molar refractivity (Wildman–Crippen MR) is 236 cm³/mol. The first kappa shape index (κ1) is 37.8. The SMILES string of the molecule is Cc1ccnc(N2CCC(C)(C)c3ccc(Oc4cccc(-n5[c](=[Pt])n(-c6c(-c7ccccc7)cc(C(C)(C)C)cc6-c6ccccc6)c6ccccc65)c4)cc32)c1. The van der Waals surface area contributed by atoms with E-state index in [2.05, 4.69) is 221 Å². The van der Waals surface area contributed by atoms with E-state index in [0.717, 1.165) is 62.2 Å². The maximum absolute atomic E-state index is 6.76. The molecule has 0 saturated heterocycles. The van der Waals surface area contributed by atoms with Gasteiger partial charge in [0, 0.05) is 6.20 Å². The fraction of sp³-hybridized carbons (Fsp3) is 0.192. The summed E-state index contributed by atoms with van der Waals surface area (Å²) in [7, 11) is 0. The van der Waals surface area contributed by atoms with Gasteiger partial charge >= 0.3 is 330 Å². The Morgan fingerprint density at radius 2 is 1.28 bits per heavy atom. The van der Waals surface area contributed by atoms with E-state index in [4.69, 9.17) is 9.72 Å². The summed E-state index contributed by atoms with van der Waals surface area (Å²) >= 11 is 2.52. The van der Waals surface area contributed by atoms with E-state index in [-0.39, 0.29) is 10.8 Å². The van der Waals surface area contributed by atoms with Crippen molar-refractivity contribution in [2.75, 3.05) is 11.4 Å². The van der Waals surface area contributed by atoms with Crippen LogP contribution in [0.2, 0.25) is 0 Å². The van der Waals surface area contributed by atoms with Crippen molar-refractivity contribution in [3.05, 3.63) is 178 Å². The van der Waals surface area contributed by atoms with Gasteiger partial charge in [-0.05, 0) is 18.6 Å². The van der Waals surface area contributed by atoms with E-state index in [1.165, 1.54) is 38.9 Å². The molecule has 2 aromatic heterocycles. The van der Waals surface area contributed by atoms with Gasteiger partial charge in [-0.25, -0.2) is 0 Å². The van der Waals surface area contributed by atoms with E-state index in [0.29, 0.717) is 0 Å². The molecule has 0 saturated carbocycles. The van der Waals surface area contributed by atoms with Gasteiger partial charge in [-0.15, -0.1) is 0 Å². The summed E-state index contributed by atoms with van der Waals surface area (Å²) in [5.74, 6) is 2.54. The van der Waals surface area contributed by atoms with Crippen molar-refractivity contribution in [1.29, 1.82) is 0 Å². The summed E-state index contributed by atoms with van der Waals surface area (Å²) in [5.41, 5.74) is 14.1. The van der Waals surface area contributed by atoms with E-state index < -0.39 is 0 Å². The van der Waals surface area contributed by atoms with Crippen LogP contribution in [0.5, 0.6) is 11.5 Å². The van der Waals surface area contributed by atoms with E-state index in [1.54, 1.807) is 0 Å². The molecule has 3 heterocycles. The molecule has 0 bridgehead atoms. The summed E-state index contributed by atoms with van der Waals surface area (Å²) in [6.07, 6.45) is 2.94.